The minimum Gasteiger partial charge on any atom is -0.358 e. The van der Waals surface area contributed by atoms with Gasteiger partial charge in [-0.15, -0.1) is 0 Å². The zero-order chi connectivity index (χ0) is 4.83. The van der Waals surface area contributed by atoms with Gasteiger partial charge in [-0.2, -0.15) is 13.8 Å². The first-order valence-electron chi connectivity index (χ1n) is 2.47. The van der Waals surface area contributed by atoms with E-state index in [9.17, 15) is 0 Å². The summed E-state index contributed by atoms with van der Waals surface area (Å²) < 4.78 is 0. The molecule has 0 saturated heterocycles. The summed E-state index contributed by atoms with van der Waals surface area (Å²) in [7, 11) is 0. The fraction of sp³-hybridized carbons (Fsp3) is 0.571. The van der Waals surface area contributed by atoms with Gasteiger partial charge in [-0.25, -0.2) is 12.8 Å². The fourth-order valence-electron chi connectivity index (χ4n) is 0.333. The quantitative estimate of drug-likeness (QED) is 0.471. The molecule has 1 heteroatoms. The third-order valence-electron chi connectivity index (χ3n) is 0.744. The molecule has 0 radical (unpaired) electrons. The van der Waals surface area contributed by atoms with Crippen LogP contribution in [0.25, 0.3) is 0 Å². The van der Waals surface area contributed by atoms with E-state index in [0.29, 0.717) is 0 Å². The SMILES string of the molecule is C[CH-]CC[CH-]C.[CH3-].[Y+3]. The Morgan fingerprint density at radius 3 is 1.38 bits per heavy atom. The van der Waals surface area contributed by atoms with Gasteiger partial charge >= 0.3 is 32.7 Å². The molecule has 0 fully saturated rings. The Hall–Kier alpha value is 1.10. The van der Waals surface area contributed by atoms with Gasteiger partial charge in [-0.1, -0.05) is 0 Å². The Balaban J connectivity index is -0.000000125. The predicted molar refractivity (Wildman–Crippen MR) is 35.6 cm³/mol. The second kappa shape index (κ2) is 15.7. The first-order chi connectivity index (χ1) is 2.91. The Kier molecular flexibility index (Phi) is 31.5. The monoisotopic (exact) mass is 188 g/mol. The molecule has 0 spiro atoms. The molecule has 0 amide bonds. The van der Waals surface area contributed by atoms with Crippen LogP contribution in [-0.4, -0.2) is 0 Å². The summed E-state index contributed by atoms with van der Waals surface area (Å²) in [5.74, 6) is 0. The molecule has 0 aromatic heterocycles. The molecule has 0 rings (SSSR count). The van der Waals surface area contributed by atoms with Crippen molar-refractivity contribution in [2.24, 2.45) is 0 Å². The van der Waals surface area contributed by atoms with E-state index < -0.39 is 0 Å². The predicted octanol–water partition coefficient (Wildman–Crippen LogP) is 2.66. The van der Waals surface area contributed by atoms with Crippen LogP contribution in [0.4, 0.5) is 0 Å². The fourth-order valence-corrected chi connectivity index (χ4v) is 0.333. The van der Waals surface area contributed by atoms with Gasteiger partial charge in [-0.05, 0) is 0 Å². The van der Waals surface area contributed by atoms with Crippen LogP contribution in [0.3, 0.4) is 0 Å². The third kappa shape index (κ3) is 15.7. The van der Waals surface area contributed by atoms with Gasteiger partial charge in [0.2, 0.25) is 0 Å². The van der Waals surface area contributed by atoms with Crippen molar-refractivity contribution in [3.05, 3.63) is 20.3 Å². The Morgan fingerprint density at radius 1 is 1.00 bits per heavy atom. The van der Waals surface area contributed by atoms with Crippen molar-refractivity contribution in [1.29, 1.82) is 0 Å². The van der Waals surface area contributed by atoms with Crippen LogP contribution in [0.5, 0.6) is 0 Å². The van der Waals surface area contributed by atoms with Gasteiger partial charge in [0.25, 0.3) is 0 Å². The first kappa shape index (κ1) is 16.0. The molecular weight excluding hydrogens is 173 g/mol. The zero-order valence-corrected chi connectivity index (χ0v) is 8.98. The van der Waals surface area contributed by atoms with E-state index >= 15 is 0 Å². The molecule has 0 saturated carbocycles. The van der Waals surface area contributed by atoms with Gasteiger partial charge in [-0.3, -0.25) is 0 Å². The summed E-state index contributed by atoms with van der Waals surface area (Å²) in [5, 5.41) is 0. The van der Waals surface area contributed by atoms with Gasteiger partial charge in [0, 0.05) is 0 Å². The minimum atomic E-state index is 0. The average molecular weight is 188 g/mol. The van der Waals surface area contributed by atoms with E-state index in [1.54, 1.807) is 0 Å². The third-order valence-corrected chi connectivity index (χ3v) is 0.744. The van der Waals surface area contributed by atoms with E-state index in [2.05, 4.69) is 26.7 Å². The molecule has 0 heterocycles. The molecule has 0 atom stereocenters. The molecule has 0 bridgehead atoms. The molecule has 0 N–H and O–H groups in total. The van der Waals surface area contributed by atoms with E-state index in [1.807, 2.05) is 0 Å². The molecule has 0 unspecified atom stereocenters. The molecule has 8 heavy (non-hydrogen) atoms. The van der Waals surface area contributed by atoms with Crippen molar-refractivity contribution >= 4 is 0 Å². The number of hydrogen-bond donors (Lipinski definition) is 0. The summed E-state index contributed by atoms with van der Waals surface area (Å²) in [5.41, 5.74) is 0. The molecular formula is C7H15Y. The molecule has 0 aliphatic rings. The largest absolute Gasteiger partial charge is 3.00 e. The van der Waals surface area contributed by atoms with Crippen LogP contribution in [0.2, 0.25) is 0 Å². The van der Waals surface area contributed by atoms with Crippen LogP contribution in [0.15, 0.2) is 0 Å². The zero-order valence-electron chi connectivity index (χ0n) is 6.15. The smallest absolute Gasteiger partial charge is 0.358 e. The van der Waals surface area contributed by atoms with E-state index in [-0.39, 0.29) is 40.1 Å². The summed E-state index contributed by atoms with van der Waals surface area (Å²) in [6.07, 6.45) is 6.83. The van der Waals surface area contributed by atoms with Crippen molar-refractivity contribution in [3.63, 3.8) is 0 Å². The molecule has 0 aliphatic heterocycles. The second-order valence-electron chi connectivity index (χ2n) is 1.39. The Bertz CT molecular complexity index is 16.3. The number of hydrogen-bond acceptors (Lipinski definition) is 0. The van der Waals surface area contributed by atoms with Crippen molar-refractivity contribution in [3.8, 4) is 0 Å². The molecule has 0 aromatic rings. The van der Waals surface area contributed by atoms with Gasteiger partial charge < -0.3 is 20.3 Å². The minimum absolute atomic E-state index is 0. The van der Waals surface area contributed by atoms with Crippen LogP contribution in [-0.2, 0) is 32.7 Å². The molecule has 0 aliphatic carbocycles. The van der Waals surface area contributed by atoms with Gasteiger partial charge in [0.15, 0.2) is 0 Å². The van der Waals surface area contributed by atoms with Crippen molar-refractivity contribution in [2.45, 2.75) is 26.7 Å². The van der Waals surface area contributed by atoms with Gasteiger partial charge in [0.05, 0.1) is 0 Å². The normalized spacial score (nSPS) is 6.75. The van der Waals surface area contributed by atoms with Gasteiger partial charge in [0.1, 0.15) is 0 Å². The first-order valence-corrected chi connectivity index (χ1v) is 2.47. The molecule has 0 aromatic carbocycles. The summed E-state index contributed by atoms with van der Waals surface area (Å²) in [4.78, 5) is 0. The van der Waals surface area contributed by atoms with Crippen molar-refractivity contribution in [1.82, 2.24) is 0 Å². The van der Waals surface area contributed by atoms with Crippen LogP contribution < -0.4 is 0 Å². The summed E-state index contributed by atoms with van der Waals surface area (Å²) in [6, 6.07) is 0. The molecule has 46 valence electrons. The second-order valence-corrected chi connectivity index (χ2v) is 1.39. The Morgan fingerprint density at radius 2 is 1.25 bits per heavy atom. The summed E-state index contributed by atoms with van der Waals surface area (Å²) >= 11 is 0. The van der Waals surface area contributed by atoms with Crippen LogP contribution in [0, 0.1) is 20.3 Å². The maximum Gasteiger partial charge on any atom is 3.00 e. The van der Waals surface area contributed by atoms with E-state index in [0.717, 1.165) is 0 Å². The van der Waals surface area contributed by atoms with Crippen LogP contribution >= 0.6 is 0 Å². The Labute approximate surface area is 79.3 Å². The molecule has 0 nitrogen and oxygen atoms in total. The van der Waals surface area contributed by atoms with E-state index in [1.165, 1.54) is 12.8 Å². The maximum absolute atomic E-state index is 2.18. The number of unbranched alkanes of at least 4 members (excludes halogenated alkanes) is 3. The number of rotatable bonds is 3. The summed E-state index contributed by atoms with van der Waals surface area (Å²) in [6.45, 7) is 4.17. The average Bonchev–Trinajstić information content (AvgIpc) is 1.61. The maximum atomic E-state index is 2.18. The topological polar surface area (TPSA) is 0 Å². The van der Waals surface area contributed by atoms with Crippen molar-refractivity contribution < 1.29 is 32.7 Å². The van der Waals surface area contributed by atoms with Crippen molar-refractivity contribution in [2.75, 3.05) is 0 Å². The van der Waals surface area contributed by atoms with E-state index in [4.69, 9.17) is 0 Å². The van der Waals surface area contributed by atoms with Crippen LogP contribution in [0.1, 0.15) is 26.7 Å². The standard InChI is InChI=1S/C6H12.CH3.Y/c1-3-5-6-4-2;;/h3-4H,5-6H2,1-2H3;1H3;/q-2;-1;+3.